The number of rotatable bonds is 7. The van der Waals surface area contributed by atoms with Crippen LogP contribution in [-0.4, -0.2) is 47.9 Å². The zero-order valence-corrected chi connectivity index (χ0v) is 16.6. The van der Waals surface area contributed by atoms with Crippen molar-refractivity contribution in [2.24, 2.45) is 5.92 Å². The molecule has 8 nitrogen and oxygen atoms in total. The van der Waals surface area contributed by atoms with Gasteiger partial charge < -0.3 is 15.0 Å². The van der Waals surface area contributed by atoms with Crippen LogP contribution >= 0.6 is 11.6 Å². The number of nitrogens with zero attached hydrogens (tertiary/aromatic N) is 1. The molecule has 1 aliphatic rings. The predicted octanol–water partition coefficient (Wildman–Crippen LogP) is 1.86. The van der Waals surface area contributed by atoms with Crippen molar-refractivity contribution in [2.45, 2.75) is 39.3 Å². The van der Waals surface area contributed by atoms with Crippen molar-refractivity contribution < 1.29 is 23.9 Å². The lowest BCUT2D eigenvalue weighted by Crippen LogP contribution is -2.44. The number of hydrogen-bond acceptors (Lipinski definition) is 5. The molecule has 1 aromatic rings. The lowest BCUT2D eigenvalue weighted by Gasteiger charge is -2.17. The molecule has 0 bridgehead atoms. The van der Waals surface area contributed by atoms with Crippen molar-refractivity contribution in [1.29, 1.82) is 0 Å². The van der Waals surface area contributed by atoms with Gasteiger partial charge in [-0.25, -0.2) is 4.79 Å². The minimum atomic E-state index is -0.730. The normalized spacial score (nSPS) is 17.2. The van der Waals surface area contributed by atoms with Crippen molar-refractivity contribution >= 4 is 35.4 Å². The summed E-state index contributed by atoms with van der Waals surface area (Å²) in [6.07, 6.45) is 0.733. The molecule has 0 radical (unpaired) electrons. The van der Waals surface area contributed by atoms with Crippen LogP contribution in [0.2, 0.25) is 5.02 Å². The Morgan fingerprint density at radius 1 is 1.32 bits per heavy atom. The van der Waals surface area contributed by atoms with Crippen molar-refractivity contribution in [3.05, 3.63) is 34.9 Å². The SMILES string of the molecule is CC[C@H](C)NC(=O)NC(=O)COC(=O)[C@H]1CC(=O)N(Cc2ccccc2Cl)C1. The Morgan fingerprint density at radius 3 is 2.71 bits per heavy atom. The molecule has 152 valence electrons. The number of urea groups is 1. The fourth-order valence-corrected chi connectivity index (χ4v) is 2.89. The molecule has 4 amide bonds. The van der Waals surface area contributed by atoms with E-state index >= 15 is 0 Å². The largest absolute Gasteiger partial charge is 0.455 e. The molecule has 28 heavy (non-hydrogen) atoms. The first-order valence-corrected chi connectivity index (χ1v) is 9.46. The number of imide groups is 1. The topological polar surface area (TPSA) is 105 Å². The van der Waals surface area contributed by atoms with E-state index in [1.165, 1.54) is 4.90 Å². The van der Waals surface area contributed by atoms with Crippen molar-refractivity contribution in [2.75, 3.05) is 13.2 Å². The van der Waals surface area contributed by atoms with E-state index in [-0.39, 0.29) is 24.9 Å². The number of amides is 4. The van der Waals surface area contributed by atoms with Crippen LogP contribution in [0, 0.1) is 5.92 Å². The summed E-state index contributed by atoms with van der Waals surface area (Å²) in [5.74, 6) is -2.21. The van der Waals surface area contributed by atoms with Gasteiger partial charge in [-0.15, -0.1) is 0 Å². The molecule has 1 aromatic carbocycles. The maximum atomic E-state index is 12.2. The highest BCUT2D eigenvalue weighted by atomic mass is 35.5. The van der Waals surface area contributed by atoms with Gasteiger partial charge in [0.05, 0.1) is 5.92 Å². The second-order valence-electron chi connectivity index (χ2n) is 6.71. The third-order valence-corrected chi connectivity index (χ3v) is 4.82. The first kappa shape index (κ1) is 21.7. The van der Waals surface area contributed by atoms with Crippen LogP contribution in [-0.2, 0) is 25.7 Å². The first-order chi connectivity index (χ1) is 13.3. The van der Waals surface area contributed by atoms with Gasteiger partial charge in [0.25, 0.3) is 5.91 Å². The van der Waals surface area contributed by atoms with E-state index < -0.39 is 30.4 Å². The summed E-state index contributed by atoms with van der Waals surface area (Å²) in [7, 11) is 0. The van der Waals surface area contributed by atoms with Crippen LogP contribution in [0.5, 0.6) is 0 Å². The first-order valence-electron chi connectivity index (χ1n) is 9.08. The van der Waals surface area contributed by atoms with Crippen LogP contribution in [0.15, 0.2) is 24.3 Å². The molecule has 0 aliphatic carbocycles. The number of nitrogens with one attached hydrogen (secondary N) is 2. The van der Waals surface area contributed by atoms with Gasteiger partial charge in [0.15, 0.2) is 6.61 Å². The summed E-state index contributed by atoms with van der Waals surface area (Å²) in [6, 6.07) is 6.45. The van der Waals surface area contributed by atoms with Crippen LogP contribution in [0.1, 0.15) is 32.3 Å². The van der Waals surface area contributed by atoms with E-state index in [1.54, 1.807) is 19.1 Å². The Hall–Kier alpha value is -2.61. The van der Waals surface area contributed by atoms with E-state index in [0.29, 0.717) is 11.6 Å². The van der Waals surface area contributed by atoms with Crippen LogP contribution in [0.4, 0.5) is 4.79 Å². The van der Waals surface area contributed by atoms with Crippen LogP contribution in [0.3, 0.4) is 0 Å². The number of hydrogen-bond donors (Lipinski definition) is 2. The van der Waals surface area contributed by atoms with Gasteiger partial charge in [0, 0.05) is 30.6 Å². The van der Waals surface area contributed by atoms with Crippen molar-refractivity contribution in [3.8, 4) is 0 Å². The third-order valence-electron chi connectivity index (χ3n) is 4.46. The maximum Gasteiger partial charge on any atom is 0.321 e. The van der Waals surface area contributed by atoms with Gasteiger partial charge in [-0.2, -0.15) is 0 Å². The Balaban J connectivity index is 1.79. The van der Waals surface area contributed by atoms with Gasteiger partial charge in [-0.1, -0.05) is 36.7 Å². The smallest absolute Gasteiger partial charge is 0.321 e. The number of carbonyl (C=O) groups excluding carboxylic acids is 4. The van der Waals surface area contributed by atoms with Crippen LogP contribution in [0.25, 0.3) is 0 Å². The van der Waals surface area contributed by atoms with Gasteiger partial charge in [-0.3, -0.25) is 19.7 Å². The Bertz CT molecular complexity index is 755. The average molecular weight is 410 g/mol. The molecule has 2 rings (SSSR count). The predicted molar refractivity (Wildman–Crippen MR) is 102 cm³/mol. The lowest BCUT2D eigenvalue weighted by molar-refractivity contribution is -0.152. The van der Waals surface area contributed by atoms with E-state index in [0.717, 1.165) is 12.0 Å². The molecule has 1 saturated heterocycles. The number of halogens is 1. The minimum Gasteiger partial charge on any atom is -0.455 e. The fraction of sp³-hybridized carbons (Fsp3) is 0.474. The molecule has 0 spiro atoms. The zero-order chi connectivity index (χ0) is 20.7. The molecule has 1 fully saturated rings. The summed E-state index contributed by atoms with van der Waals surface area (Å²) in [5, 5.41) is 5.21. The van der Waals surface area contributed by atoms with Gasteiger partial charge in [-0.05, 0) is 25.0 Å². The summed E-state index contributed by atoms with van der Waals surface area (Å²) in [6.45, 7) is 3.61. The number of likely N-dealkylation sites (tertiary alicyclic amines) is 1. The van der Waals surface area contributed by atoms with E-state index in [9.17, 15) is 19.2 Å². The lowest BCUT2D eigenvalue weighted by atomic mass is 10.1. The standard InChI is InChI=1S/C19H24ClN3O5/c1-3-12(2)21-19(27)22-16(24)11-28-18(26)14-8-17(25)23(10-14)9-13-6-4-5-7-15(13)20/h4-7,12,14H,3,8-11H2,1-2H3,(H2,21,22,24,27)/t12-,14-/m0/s1. The molecular weight excluding hydrogens is 386 g/mol. The van der Waals surface area contributed by atoms with Crippen molar-refractivity contribution in [1.82, 2.24) is 15.5 Å². The second kappa shape index (κ2) is 10.1. The number of esters is 1. The van der Waals surface area contributed by atoms with E-state index in [4.69, 9.17) is 16.3 Å². The summed E-state index contributed by atoms with van der Waals surface area (Å²) >= 11 is 6.11. The van der Waals surface area contributed by atoms with E-state index in [1.807, 2.05) is 19.1 Å². The summed E-state index contributed by atoms with van der Waals surface area (Å²) in [5.41, 5.74) is 0.790. The molecule has 1 heterocycles. The quantitative estimate of drug-likeness (QED) is 0.669. The molecule has 1 aliphatic heterocycles. The minimum absolute atomic E-state index is 0.0133. The van der Waals surface area contributed by atoms with E-state index in [2.05, 4.69) is 10.6 Å². The average Bonchev–Trinajstić information content (AvgIpc) is 3.02. The molecule has 0 saturated carbocycles. The zero-order valence-electron chi connectivity index (χ0n) is 15.9. The molecule has 9 heteroatoms. The molecule has 0 aromatic heterocycles. The van der Waals surface area contributed by atoms with Gasteiger partial charge in [0.1, 0.15) is 0 Å². The molecular formula is C19H24ClN3O5. The monoisotopic (exact) mass is 409 g/mol. The Morgan fingerprint density at radius 2 is 2.04 bits per heavy atom. The number of benzene rings is 1. The molecule has 2 atom stereocenters. The number of carbonyl (C=O) groups is 4. The molecule has 2 N–H and O–H groups in total. The van der Waals surface area contributed by atoms with Crippen LogP contribution < -0.4 is 10.6 Å². The second-order valence-corrected chi connectivity index (χ2v) is 7.11. The highest BCUT2D eigenvalue weighted by Gasteiger charge is 2.35. The van der Waals surface area contributed by atoms with Gasteiger partial charge >= 0.3 is 12.0 Å². The highest BCUT2D eigenvalue weighted by molar-refractivity contribution is 6.31. The Labute approximate surface area is 168 Å². The Kier molecular flexibility index (Phi) is 7.80. The van der Waals surface area contributed by atoms with Gasteiger partial charge in [0.2, 0.25) is 5.91 Å². The maximum absolute atomic E-state index is 12.2. The third kappa shape index (κ3) is 6.23. The summed E-state index contributed by atoms with van der Waals surface area (Å²) in [4.78, 5) is 49.1. The molecule has 0 unspecified atom stereocenters. The van der Waals surface area contributed by atoms with Crippen molar-refractivity contribution in [3.63, 3.8) is 0 Å². The number of ether oxygens (including phenoxy) is 1. The highest BCUT2D eigenvalue weighted by Crippen LogP contribution is 2.24. The fourth-order valence-electron chi connectivity index (χ4n) is 2.69. The summed E-state index contributed by atoms with van der Waals surface area (Å²) < 4.78 is 4.95.